The number of hydrogen-bond acceptors (Lipinski definition) is 2. The second-order valence-electron chi connectivity index (χ2n) is 1.39. The van der Waals surface area contributed by atoms with Gasteiger partial charge in [0, 0.05) is 14.7 Å². The number of hydrogen-bond donors (Lipinski definition) is 0. The molecule has 1 aromatic rings. The minimum Gasteiger partial charge on any atom is -0.134 e. The standard InChI is InChI=1S/C5H4Br2S2/c1-8-4-3(6)2-9-5(4)7/h2H,1H3. The van der Waals surface area contributed by atoms with Gasteiger partial charge in [-0.05, 0) is 38.1 Å². The molecule has 50 valence electrons. The highest BCUT2D eigenvalue weighted by atomic mass is 79.9. The Morgan fingerprint density at radius 3 is 2.44 bits per heavy atom. The third-order valence-electron chi connectivity index (χ3n) is 0.865. The first kappa shape index (κ1) is 8.11. The first-order chi connectivity index (χ1) is 4.25. The lowest BCUT2D eigenvalue weighted by atomic mass is 10.7. The van der Waals surface area contributed by atoms with Crippen LogP contribution in [-0.4, -0.2) is 6.26 Å². The van der Waals surface area contributed by atoms with Gasteiger partial charge in [0.1, 0.15) is 0 Å². The molecule has 0 aliphatic rings. The highest BCUT2D eigenvalue weighted by Crippen LogP contribution is 2.38. The third-order valence-corrected chi connectivity index (χ3v) is 5.00. The highest BCUT2D eigenvalue weighted by molar-refractivity contribution is 9.11. The summed E-state index contributed by atoms with van der Waals surface area (Å²) in [6.45, 7) is 0. The van der Waals surface area contributed by atoms with Gasteiger partial charge in [-0.25, -0.2) is 0 Å². The molecule has 0 saturated carbocycles. The molecule has 0 bridgehead atoms. The molecule has 0 aliphatic carbocycles. The van der Waals surface area contributed by atoms with Gasteiger partial charge in [0.05, 0.1) is 3.79 Å². The van der Waals surface area contributed by atoms with Crippen molar-refractivity contribution in [2.75, 3.05) is 6.26 Å². The molecule has 1 rings (SSSR count). The first-order valence-electron chi connectivity index (χ1n) is 2.22. The zero-order valence-electron chi connectivity index (χ0n) is 4.65. The van der Waals surface area contributed by atoms with E-state index >= 15 is 0 Å². The van der Waals surface area contributed by atoms with Crippen molar-refractivity contribution in [1.82, 2.24) is 0 Å². The fourth-order valence-electron chi connectivity index (χ4n) is 0.482. The Labute approximate surface area is 79.3 Å². The maximum absolute atomic E-state index is 3.44. The van der Waals surface area contributed by atoms with E-state index in [1.807, 2.05) is 0 Å². The van der Waals surface area contributed by atoms with E-state index in [9.17, 15) is 0 Å². The summed E-state index contributed by atoms with van der Waals surface area (Å²) in [5.41, 5.74) is 0. The number of thioether (sulfide) groups is 1. The van der Waals surface area contributed by atoms with Gasteiger partial charge in [-0.1, -0.05) is 0 Å². The molecule has 0 unspecified atom stereocenters. The molecule has 0 N–H and O–H groups in total. The fraction of sp³-hybridized carbons (Fsp3) is 0.200. The average molecular weight is 288 g/mol. The van der Waals surface area contributed by atoms with Crippen LogP contribution in [0.1, 0.15) is 0 Å². The first-order valence-corrected chi connectivity index (χ1v) is 5.91. The van der Waals surface area contributed by atoms with Gasteiger partial charge in [-0.3, -0.25) is 0 Å². The smallest absolute Gasteiger partial charge is 0.0845 e. The quantitative estimate of drug-likeness (QED) is 0.704. The van der Waals surface area contributed by atoms with Gasteiger partial charge in [0.15, 0.2) is 0 Å². The van der Waals surface area contributed by atoms with E-state index in [0.29, 0.717) is 0 Å². The summed E-state index contributed by atoms with van der Waals surface area (Å²) in [5, 5.41) is 2.08. The Balaban J connectivity index is 3.07. The summed E-state index contributed by atoms with van der Waals surface area (Å²) in [7, 11) is 0. The van der Waals surface area contributed by atoms with Gasteiger partial charge in [0.2, 0.25) is 0 Å². The van der Waals surface area contributed by atoms with Crippen LogP contribution in [0, 0.1) is 0 Å². The molecule has 9 heavy (non-hydrogen) atoms. The van der Waals surface area contributed by atoms with Crippen LogP contribution in [0.4, 0.5) is 0 Å². The third kappa shape index (κ3) is 1.73. The molecule has 0 aromatic carbocycles. The second kappa shape index (κ2) is 3.42. The van der Waals surface area contributed by atoms with Crippen LogP contribution in [0.2, 0.25) is 0 Å². The largest absolute Gasteiger partial charge is 0.134 e. The Hall–Kier alpha value is 1.01. The zero-order valence-corrected chi connectivity index (χ0v) is 9.45. The molecule has 0 saturated heterocycles. The molecule has 0 amide bonds. The molecule has 0 aliphatic heterocycles. The van der Waals surface area contributed by atoms with Gasteiger partial charge in [-0.2, -0.15) is 0 Å². The molecular weight excluding hydrogens is 284 g/mol. The van der Waals surface area contributed by atoms with E-state index in [-0.39, 0.29) is 0 Å². The van der Waals surface area contributed by atoms with E-state index in [1.165, 1.54) is 13.2 Å². The summed E-state index contributed by atoms with van der Waals surface area (Å²) in [4.78, 5) is 1.29. The van der Waals surface area contributed by atoms with Crippen LogP contribution in [0.15, 0.2) is 18.5 Å². The number of thiophene rings is 1. The molecule has 0 atom stereocenters. The molecule has 0 fully saturated rings. The Morgan fingerprint density at radius 2 is 2.22 bits per heavy atom. The van der Waals surface area contributed by atoms with E-state index in [2.05, 4.69) is 43.5 Å². The summed E-state index contributed by atoms with van der Waals surface area (Å²) in [5.74, 6) is 0. The van der Waals surface area contributed by atoms with Crippen LogP contribution in [0.3, 0.4) is 0 Å². The van der Waals surface area contributed by atoms with E-state index in [1.54, 1.807) is 23.1 Å². The Bertz CT molecular complexity index is 187. The van der Waals surface area contributed by atoms with Crippen molar-refractivity contribution in [3.8, 4) is 0 Å². The summed E-state index contributed by atoms with van der Waals surface area (Å²) >= 11 is 10.3. The molecule has 0 spiro atoms. The van der Waals surface area contributed by atoms with Gasteiger partial charge >= 0.3 is 0 Å². The van der Waals surface area contributed by atoms with Gasteiger partial charge in [-0.15, -0.1) is 23.1 Å². The van der Waals surface area contributed by atoms with Crippen molar-refractivity contribution >= 4 is 55.0 Å². The van der Waals surface area contributed by atoms with E-state index in [4.69, 9.17) is 0 Å². The molecule has 1 aromatic heterocycles. The van der Waals surface area contributed by atoms with Crippen LogP contribution >= 0.6 is 55.0 Å². The van der Waals surface area contributed by atoms with Crippen molar-refractivity contribution in [1.29, 1.82) is 0 Å². The van der Waals surface area contributed by atoms with Crippen LogP contribution < -0.4 is 0 Å². The lowest BCUT2D eigenvalue weighted by Gasteiger charge is -1.90. The van der Waals surface area contributed by atoms with Gasteiger partial charge < -0.3 is 0 Å². The number of rotatable bonds is 1. The van der Waals surface area contributed by atoms with E-state index in [0.717, 1.165) is 0 Å². The summed E-state index contributed by atoms with van der Waals surface area (Å²) < 4.78 is 2.40. The Kier molecular flexibility index (Phi) is 3.08. The van der Waals surface area contributed by atoms with Crippen LogP contribution in [-0.2, 0) is 0 Å². The van der Waals surface area contributed by atoms with Crippen LogP contribution in [0.25, 0.3) is 0 Å². The van der Waals surface area contributed by atoms with Gasteiger partial charge in [0.25, 0.3) is 0 Å². The van der Waals surface area contributed by atoms with Crippen molar-refractivity contribution in [2.45, 2.75) is 4.90 Å². The lowest BCUT2D eigenvalue weighted by molar-refractivity contribution is 1.49. The molecule has 4 heteroatoms. The fourth-order valence-corrected chi connectivity index (χ4v) is 4.25. The minimum atomic E-state index is 1.19. The monoisotopic (exact) mass is 286 g/mol. The predicted molar refractivity (Wildman–Crippen MR) is 51.5 cm³/mol. The molecule has 1 heterocycles. The maximum Gasteiger partial charge on any atom is 0.0845 e. The minimum absolute atomic E-state index is 1.19. The Morgan fingerprint density at radius 1 is 1.56 bits per heavy atom. The summed E-state index contributed by atoms with van der Waals surface area (Å²) in [6, 6.07) is 0. The zero-order chi connectivity index (χ0) is 6.85. The highest BCUT2D eigenvalue weighted by Gasteiger charge is 2.04. The molecule has 0 nitrogen and oxygen atoms in total. The maximum atomic E-state index is 3.44. The number of halogens is 2. The van der Waals surface area contributed by atoms with Crippen molar-refractivity contribution in [3.05, 3.63) is 13.6 Å². The lowest BCUT2D eigenvalue weighted by Crippen LogP contribution is -1.61. The normalized spacial score (nSPS) is 10.1. The SMILES string of the molecule is CSc1c(Br)csc1Br. The van der Waals surface area contributed by atoms with Crippen molar-refractivity contribution in [3.63, 3.8) is 0 Å². The van der Waals surface area contributed by atoms with Crippen LogP contribution in [0.5, 0.6) is 0 Å². The van der Waals surface area contributed by atoms with Crippen molar-refractivity contribution < 1.29 is 0 Å². The topological polar surface area (TPSA) is 0 Å². The summed E-state index contributed by atoms with van der Waals surface area (Å²) in [6.07, 6.45) is 2.07. The second-order valence-corrected chi connectivity index (χ2v) is 5.26. The van der Waals surface area contributed by atoms with Crippen molar-refractivity contribution in [2.24, 2.45) is 0 Å². The molecular formula is C5H4Br2S2. The molecule has 0 radical (unpaired) electrons. The average Bonchev–Trinajstić information content (AvgIpc) is 2.12. The predicted octanol–water partition coefficient (Wildman–Crippen LogP) is 4.00. The van der Waals surface area contributed by atoms with E-state index < -0.39 is 0 Å².